The van der Waals surface area contributed by atoms with Gasteiger partial charge in [0.2, 0.25) is 5.95 Å². The first-order valence-corrected chi connectivity index (χ1v) is 10.6. The summed E-state index contributed by atoms with van der Waals surface area (Å²) < 4.78 is 7.45. The molecule has 3 heterocycles. The molecular formula is C23H30N6O. The van der Waals surface area contributed by atoms with Gasteiger partial charge in [0.1, 0.15) is 5.82 Å². The molecule has 1 aliphatic rings. The van der Waals surface area contributed by atoms with Gasteiger partial charge in [0.15, 0.2) is 5.65 Å². The number of imidazole rings is 1. The zero-order valence-corrected chi connectivity index (χ0v) is 18.4. The molecule has 30 heavy (non-hydrogen) atoms. The molecule has 1 atom stereocenters. The minimum atomic E-state index is 0.153. The van der Waals surface area contributed by atoms with Crippen LogP contribution >= 0.6 is 0 Å². The molecule has 7 heteroatoms. The van der Waals surface area contributed by atoms with E-state index in [-0.39, 0.29) is 6.04 Å². The minimum absolute atomic E-state index is 0.153. The molecule has 0 aromatic carbocycles. The van der Waals surface area contributed by atoms with Crippen molar-refractivity contribution in [2.24, 2.45) is 0 Å². The lowest BCUT2D eigenvalue weighted by atomic mass is 9.99. The fourth-order valence-electron chi connectivity index (χ4n) is 4.20. The van der Waals surface area contributed by atoms with Gasteiger partial charge in [-0.1, -0.05) is 6.08 Å². The largest absolute Gasteiger partial charge is 0.383 e. The number of hydrogen-bond donors (Lipinski definition) is 1. The van der Waals surface area contributed by atoms with Gasteiger partial charge in [-0.3, -0.25) is 0 Å². The normalized spacial score (nSPS) is 15.1. The van der Waals surface area contributed by atoms with E-state index >= 15 is 0 Å². The van der Waals surface area contributed by atoms with Crippen molar-refractivity contribution >= 4 is 22.7 Å². The van der Waals surface area contributed by atoms with E-state index in [2.05, 4.69) is 57.7 Å². The summed E-state index contributed by atoms with van der Waals surface area (Å²) in [5, 5.41) is 3.32. The van der Waals surface area contributed by atoms with Gasteiger partial charge < -0.3 is 14.6 Å². The number of methoxy groups -OCH3 is 1. The van der Waals surface area contributed by atoms with Crippen molar-refractivity contribution in [1.29, 1.82) is 0 Å². The SMILES string of the molecule is COC[C@H](C)Nc1ncc2c(n1)CCCC=C2c1cnc2nc(C)n(C(C)C)c2c1. The molecule has 7 nitrogen and oxygen atoms in total. The van der Waals surface area contributed by atoms with Crippen LogP contribution in [0.2, 0.25) is 0 Å². The van der Waals surface area contributed by atoms with Crippen LogP contribution in [0.5, 0.6) is 0 Å². The number of anilines is 1. The maximum absolute atomic E-state index is 5.21. The van der Waals surface area contributed by atoms with Crippen molar-refractivity contribution in [3.05, 3.63) is 47.2 Å². The fourth-order valence-corrected chi connectivity index (χ4v) is 4.20. The number of allylic oxidation sites excluding steroid dienone is 1. The number of aromatic nitrogens is 5. The van der Waals surface area contributed by atoms with Crippen LogP contribution in [0.4, 0.5) is 5.95 Å². The third-order valence-corrected chi connectivity index (χ3v) is 5.47. The zero-order valence-electron chi connectivity index (χ0n) is 18.4. The van der Waals surface area contributed by atoms with E-state index in [9.17, 15) is 0 Å². The van der Waals surface area contributed by atoms with Gasteiger partial charge in [-0.25, -0.2) is 19.9 Å². The van der Waals surface area contributed by atoms with E-state index in [1.165, 1.54) is 0 Å². The minimum Gasteiger partial charge on any atom is -0.383 e. The second kappa shape index (κ2) is 8.52. The third kappa shape index (κ3) is 3.94. The van der Waals surface area contributed by atoms with Crippen molar-refractivity contribution in [2.75, 3.05) is 19.0 Å². The lowest BCUT2D eigenvalue weighted by Gasteiger charge is -2.16. The van der Waals surface area contributed by atoms with E-state index in [0.29, 0.717) is 18.6 Å². The van der Waals surface area contributed by atoms with Crippen LogP contribution in [-0.4, -0.2) is 44.3 Å². The van der Waals surface area contributed by atoms with Gasteiger partial charge in [0.05, 0.1) is 17.8 Å². The number of nitrogens with zero attached hydrogens (tertiary/aromatic N) is 5. The number of rotatable bonds is 6. The molecule has 0 radical (unpaired) electrons. The van der Waals surface area contributed by atoms with E-state index in [1.54, 1.807) is 7.11 Å². The molecule has 0 spiro atoms. The molecule has 0 bridgehead atoms. The highest BCUT2D eigenvalue weighted by Gasteiger charge is 2.19. The predicted molar refractivity (Wildman–Crippen MR) is 120 cm³/mol. The Morgan fingerprint density at radius 2 is 2.00 bits per heavy atom. The summed E-state index contributed by atoms with van der Waals surface area (Å²) in [6.07, 6.45) is 9.17. The van der Waals surface area contributed by atoms with Crippen molar-refractivity contribution in [3.63, 3.8) is 0 Å². The quantitative estimate of drug-likeness (QED) is 0.657. The maximum Gasteiger partial charge on any atom is 0.223 e. The first kappa shape index (κ1) is 20.5. The summed E-state index contributed by atoms with van der Waals surface area (Å²) in [6.45, 7) is 9.06. The third-order valence-electron chi connectivity index (χ3n) is 5.47. The smallest absolute Gasteiger partial charge is 0.223 e. The van der Waals surface area contributed by atoms with Crippen molar-refractivity contribution in [3.8, 4) is 0 Å². The van der Waals surface area contributed by atoms with E-state index < -0.39 is 0 Å². The van der Waals surface area contributed by atoms with Crippen molar-refractivity contribution < 1.29 is 4.74 Å². The summed E-state index contributed by atoms with van der Waals surface area (Å²) in [5.74, 6) is 1.64. The summed E-state index contributed by atoms with van der Waals surface area (Å²) in [5.41, 5.74) is 6.27. The van der Waals surface area contributed by atoms with E-state index in [1.807, 2.05) is 19.3 Å². The van der Waals surface area contributed by atoms with Crippen LogP contribution in [0, 0.1) is 6.92 Å². The lowest BCUT2D eigenvalue weighted by Crippen LogP contribution is -2.22. The van der Waals surface area contributed by atoms with Gasteiger partial charge in [-0.05, 0) is 58.6 Å². The number of fused-ring (bicyclic) bond motifs is 2. The molecule has 0 fully saturated rings. The lowest BCUT2D eigenvalue weighted by molar-refractivity contribution is 0.190. The van der Waals surface area contributed by atoms with Crippen LogP contribution in [0.25, 0.3) is 16.7 Å². The number of ether oxygens (including phenoxy) is 1. The van der Waals surface area contributed by atoms with Gasteiger partial charge in [0.25, 0.3) is 0 Å². The molecule has 0 amide bonds. The second-order valence-electron chi connectivity index (χ2n) is 8.25. The van der Waals surface area contributed by atoms with Crippen molar-refractivity contribution in [1.82, 2.24) is 24.5 Å². The molecule has 0 unspecified atom stereocenters. The van der Waals surface area contributed by atoms with Gasteiger partial charge >= 0.3 is 0 Å². The first-order chi connectivity index (χ1) is 14.5. The Hall–Kier alpha value is -2.80. The summed E-state index contributed by atoms with van der Waals surface area (Å²) in [7, 11) is 1.70. The molecule has 3 aromatic rings. The first-order valence-electron chi connectivity index (χ1n) is 10.6. The molecule has 1 N–H and O–H groups in total. The molecule has 3 aromatic heterocycles. The Bertz CT molecular complexity index is 1080. The Morgan fingerprint density at radius 1 is 1.17 bits per heavy atom. The Labute approximate surface area is 177 Å². The van der Waals surface area contributed by atoms with Crippen molar-refractivity contribution in [2.45, 2.75) is 59.0 Å². The average Bonchev–Trinajstić information content (AvgIpc) is 2.89. The number of aryl methyl sites for hydroxylation is 2. The topological polar surface area (TPSA) is 77.8 Å². The summed E-state index contributed by atoms with van der Waals surface area (Å²) in [6, 6.07) is 2.68. The van der Waals surface area contributed by atoms with Gasteiger partial charge in [-0.15, -0.1) is 0 Å². The van der Waals surface area contributed by atoms with Gasteiger partial charge in [-0.2, -0.15) is 0 Å². The van der Waals surface area contributed by atoms with Crippen LogP contribution in [0.3, 0.4) is 0 Å². The Balaban J connectivity index is 1.74. The molecule has 1 aliphatic carbocycles. The molecule has 0 saturated carbocycles. The van der Waals surface area contributed by atoms with Gasteiger partial charge in [0, 0.05) is 42.7 Å². The Kier molecular flexibility index (Phi) is 5.81. The Morgan fingerprint density at radius 3 is 2.77 bits per heavy atom. The fraction of sp³-hybridized carbons (Fsp3) is 0.478. The van der Waals surface area contributed by atoms with Crippen LogP contribution in [0.1, 0.15) is 62.3 Å². The monoisotopic (exact) mass is 406 g/mol. The molecular weight excluding hydrogens is 376 g/mol. The van der Waals surface area contributed by atoms with Crippen LogP contribution in [0.15, 0.2) is 24.5 Å². The highest BCUT2D eigenvalue weighted by atomic mass is 16.5. The van der Waals surface area contributed by atoms with E-state index in [4.69, 9.17) is 9.72 Å². The second-order valence-corrected chi connectivity index (χ2v) is 8.25. The van der Waals surface area contributed by atoms with Crippen LogP contribution < -0.4 is 5.32 Å². The van der Waals surface area contributed by atoms with Crippen LogP contribution in [-0.2, 0) is 11.2 Å². The summed E-state index contributed by atoms with van der Waals surface area (Å²) >= 11 is 0. The predicted octanol–water partition coefficient (Wildman–Crippen LogP) is 4.33. The zero-order chi connectivity index (χ0) is 21.3. The number of pyridine rings is 1. The maximum atomic E-state index is 5.21. The standard InChI is InChI=1S/C23H30N6O/c1-14(2)29-16(4)27-22-21(29)10-17(11-24-22)18-8-6-7-9-20-19(18)12-25-23(28-20)26-15(3)13-30-5/h8,10-12,14-15H,6-7,9,13H2,1-5H3,(H,25,26,28)/t15-/m0/s1. The number of hydrogen-bond acceptors (Lipinski definition) is 6. The molecule has 4 rings (SSSR count). The highest BCUT2D eigenvalue weighted by Crippen LogP contribution is 2.32. The molecule has 0 saturated heterocycles. The number of nitrogens with one attached hydrogen (secondary N) is 1. The average molecular weight is 407 g/mol. The molecule has 0 aliphatic heterocycles. The summed E-state index contributed by atoms with van der Waals surface area (Å²) in [4.78, 5) is 18.7. The molecule has 158 valence electrons. The highest BCUT2D eigenvalue weighted by molar-refractivity contribution is 5.85. The van der Waals surface area contributed by atoms with E-state index in [0.717, 1.165) is 58.6 Å².